The summed E-state index contributed by atoms with van der Waals surface area (Å²) in [6.45, 7) is 0. The summed E-state index contributed by atoms with van der Waals surface area (Å²) in [5, 5.41) is 4.84. The monoisotopic (exact) mass is 270 g/mol. The van der Waals surface area contributed by atoms with Gasteiger partial charge in [-0.3, -0.25) is 10.1 Å². The van der Waals surface area contributed by atoms with E-state index in [1.54, 1.807) is 12.1 Å². The molecule has 0 spiro atoms. The molecule has 1 saturated heterocycles. The highest BCUT2D eigenvalue weighted by atomic mass is 35.5. The van der Waals surface area contributed by atoms with E-state index >= 15 is 0 Å². The summed E-state index contributed by atoms with van der Waals surface area (Å²) in [6, 6.07) is 1.87. The van der Waals surface area contributed by atoms with Crippen LogP contribution in [0, 0.1) is 0 Å². The molecular weight excluding hydrogens is 260 g/mol. The van der Waals surface area contributed by atoms with Crippen molar-refractivity contribution < 1.29 is 19.1 Å². The highest BCUT2D eigenvalue weighted by molar-refractivity contribution is 6.33. The van der Waals surface area contributed by atoms with Crippen LogP contribution in [-0.2, 0) is 4.79 Å². The number of hydrogen-bond acceptors (Lipinski definition) is 4. The van der Waals surface area contributed by atoms with Crippen molar-refractivity contribution in [2.75, 3.05) is 14.2 Å². The molecule has 1 atom stereocenters. The zero-order chi connectivity index (χ0) is 13.3. The van der Waals surface area contributed by atoms with Gasteiger partial charge >= 0.3 is 6.03 Å². The van der Waals surface area contributed by atoms with E-state index in [2.05, 4.69) is 10.6 Å². The van der Waals surface area contributed by atoms with Crippen LogP contribution in [0.1, 0.15) is 11.6 Å². The normalized spacial score (nSPS) is 18.3. The van der Waals surface area contributed by atoms with Crippen molar-refractivity contribution in [1.82, 2.24) is 10.6 Å². The number of carbonyl (C=O) groups is 2. The summed E-state index contributed by atoms with van der Waals surface area (Å²) < 4.78 is 10.2. The third kappa shape index (κ3) is 1.95. The number of carbonyl (C=O) groups excluding carboxylic acids is 2. The molecule has 3 amide bonds. The minimum absolute atomic E-state index is 0.235. The molecule has 1 fully saturated rings. The molecule has 18 heavy (non-hydrogen) atoms. The molecule has 1 aliphatic heterocycles. The topological polar surface area (TPSA) is 76.7 Å². The Labute approximate surface area is 108 Å². The van der Waals surface area contributed by atoms with Crippen molar-refractivity contribution >= 4 is 23.5 Å². The second-order valence-electron chi connectivity index (χ2n) is 3.60. The first kappa shape index (κ1) is 12.5. The first-order valence-electron chi connectivity index (χ1n) is 5.10. The lowest BCUT2D eigenvalue weighted by atomic mass is 10.1. The van der Waals surface area contributed by atoms with Crippen LogP contribution in [0.25, 0.3) is 0 Å². The lowest BCUT2D eigenvalue weighted by molar-refractivity contribution is -0.120. The fraction of sp³-hybridized carbons (Fsp3) is 0.273. The average molecular weight is 271 g/mol. The van der Waals surface area contributed by atoms with Crippen LogP contribution in [0.2, 0.25) is 5.02 Å². The number of methoxy groups -OCH3 is 2. The van der Waals surface area contributed by atoms with Gasteiger partial charge in [0, 0.05) is 5.56 Å². The Morgan fingerprint density at radius 3 is 2.44 bits per heavy atom. The van der Waals surface area contributed by atoms with Gasteiger partial charge in [0.25, 0.3) is 5.91 Å². The maximum Gasteiger partial charge on any atom is 0.322 e. The highest BCUT2D eigenvalue weighted by Gasteiger charge is 2.33. The predicted molar refractivity (Wildman–Crippen MR) is 64.0 cm³/mol. The van der Waals surface area contributed by atoms with Gasteiger partial charge in [0.2, 0.25) is 0 Å². The standard InChI is InChI=1S/C11H11ClN2O4/c1-17-6-4-3-5(7(12)9(6)18-2)8-10(15)14-11(16)13-8/h3-4,8H,1-2H3,(H2,13,14,15,16). The van der Waals surface area contributed by atoms with Crippen molar-refractivity contribution in [3.63, 3.8) is 0 Å². The van der Waals surface area contributed by atoms with E-state index in [4.69, 9.17) is 21.1 Å². The number of hydrogen-bond donors (Lipinski definition) is 2. The van der Waals surface area contributed by atoms with Crippen molar-refractivity contribution in [3.05, 3.63) is 22.7 Å². The average Bonchev–Trinajstić information content (AvgIpc) is 2.67. The van der Waals surface area contributed by atoms with Gasteiger partial charge in [0.05, 0.1) is 19.2 Å². The van der Waals surface area contributed by atoms with E-state index in [0.29, 0.717) is 17.1 Å². The quantitative estimate of drug-likeness (QED) is 0.810. The van der Waals surface area contributed by atoms with E-state index in [1.165, 1.54) is 14.2 Å². The van der Waals surface area contributed by atoms with Crippen LogP contribution in [0.3, 0.4) is 0 Å². The van der Waals surface area contributed by atoms with E-state index in [1.807, 2.05) is 0 Å². The lowest BCUT2D eigenvalue weighted by Gasteiger charge is -2.15. The lowest BCUT2D eigenvalue weighted by Crippen LogP contribution is -2.22. The number of imide groups is 1. The Hall–Kier alpha value is -1.95. The number of benzene rings is 1. The molecule has 1 aromatic carbocycles. The third-order valence-electron chi connectivity index (χ3n) is 2.60. The summed E-state index contributed by atoms with van der Waals surface area (Å²) in [4.78, 5) is 22.7. The number of urea groups is 1. The molecule has 96 valence electrons. The zero-order valence-electron chi connectivity index (χ0n) is 9.74. The van der Waals surface area contributed by atoms with E-state index in [0.717, 1.165) is 0 Å². The highest BCUT2D eigenvalue weighted by Crippen LogP contribution is 2.39. The molecule has 1 unspecified atom stereocenters. The van der Waals surface area contributed by atoms with Gasteiger partial charge in [-0.1, -0.05) is 17.7 Å². The molecule has 1 aliphatic rings. The Bertz CT molecular complexity index is 518. The van der Waals surface area contributed by atoms with Crippen LogP contribution in [0.5, 0.6) is 11.5 Å². The van der Waals surface area contributed by atoms with E-state index in [9.17, 15) is 9.59 Å². The molecule has 0 saturated carbocycles. The molecule has 0 bridgehead atoms. The smallest absolute Gasteiger partial charge is 0.322 e. The fourth-order valence-electron chi connectivity index (χ4n) is 1.76. The molecule has 7 heteroatoms. The Kier molecular flexibility index (Phi) is 3.29. The number of halogens is 1. The molecule has 2 N–H and O–H groups in total. The van der Waals surface area contributed by atoms with Gasteiger partial charge in [0.15, 0.2) is 11.5 Å². The van der Waals surface area contributed by atoms with Crippen molar-refractivity contribution in [2.45, 2.75) is 6.04 Å². The molecule has 0 radical (unpaired) electrons. The van der Waals surface area contributed by atoms with Gasteiger partial charge < -0.3 is 14.8 Å². The second-order valence-corrected chi connectivity index (χ2v) is 3.98. The Morgan fingerprint density at radius 1 is 1.22 bits per heavy atom. The van der Waals surface area contributed by atoms with Crippen molar-refractivity contribution in [3.8, 4) is 11.5 Å². The number of ether oxygens (including phenoxy) is 2. The van der Waals surface area contributed by atoms with Crippen LogP contribution < -0.4 is 20.1 Å². The summed E-state index contributed by atoms with van der Waals surface area (Å²) in [6.07, 6.45) is 0. The Balaban J connectivity index is 2.46. The molecule has 0 aliphatic carbocycles. The van der Waals surface area contributed by atoms with Crippen LogP contribution >= 0.6 is 11.6 Å². The van der Waals surface area contributed by atoms with Gasteiger partial charge in [-0.2, -0.15) is 0 Å². The Morgan fingerprint density at radius 2 is 1.94 bits per heavy atom. The maximum absolute atomic E-state index is 11.6. The van der Waals surface area contributed by atoms with Crippen LogP contribution in [0.15, 0.2) is 12.1 Å². The second kappa shape index (κ2) is 4.73. The fourth-order valence-corrected chi connectivity index (χ4v) is 2.11. The zero-order valence-corrected chi connectivity index (χ0v) is 10.5. The van der Waals surface area contributed by atoms with Gasteiger partial charge in [-0.25, -0.2) is 4.79 Å². The van der Waals surface area contributed by atoms with Crippen LogP contribution in [-0.4, -0.2) is 26.2 Å². The summed E-state index contributed by atoms with van der Waals surface area (Å²) in [5.41, 5.74) is 0.456. The number of rotatable bonds is 3. The minimum atomic E-state index is -0.815. The van der Waals surface area contributed by atoms with Crippen molar-refractivity contribution in [2.24, 2.45) is 0 Å². The van der Waals surface area contributed by atoms with E-state index < -0.39 is 18.0 Å². The SMILES string of the molecule is COc1ccc(C2NC(=O)NC2=O)c(Cl)c1OC. The van der Waals surface area contributed by atoms with Gasteiger partial charge in [-0.05, 0) is 6.07 Å². The molecule has 1 aromatic rings. The first-order valence-corrected chi connectivity index (χ1v) is 5.48. The molecule has 1 heterocycles. The maximum atomic E-state index is 11.6. The number of nitrogens with one attached hydrogen (secondary N) is 2. The molecule has 2 rings (SSSR count). The summed E-state index contributed by atoms with van der Waals surface area (Å²) in [7, 11) is 2.93. The minimum Gasteiger partial charge on any atom is -0.493 e. The number of amides is 3. The van der Waals surface area contributed by atoms with Crippen molar-refractivity contribution in [1.29, 1.82) is 0 Å². The predicted octanol–water partition coefficient (Wildman–Crippen LogP) is 1.24. The summed E-state index contributed by atoms with van der Waals surface area (Å²) >= 11 is 6.15. The molecule has 0 aromatic heterocycles. The third-order valence-corrected chi connectivity index (χ3v) is 2.99. The first-order chi connectivity index (χ1) is 8.58. The van der Waals surface area contributed by atoms with Crippen LogP contribution in [0.4, 0.5) is 4.79 Å². The molecular formula is C11H11ClN2O4. The molecule has 6 nitrogen and oxygen atoms in total. The van der Waals surface area contributed by atoms with Gasteiger partial charge in [-0.15, -0.1) is 0 Å². The summed E-state index contributed by atoms with van der Waals surface area (Å²) in [5.74, 6) is 0.329. The van der Waals surface area contributed by atoms with Gasteiger partial charge in [0.1, 0.15) is 6.04 Å². The van der Waals surface area contributed by atoms with E-state index in [-0.39, 0.29) is 5.02 Å². The largest absolute Gasteiger partial charge is 0.493 e.